The maximum atomic E-state index is 13.2. The second kappa shape index (κ2) is 5.26. The number of rotatable bonds is 3. The molecule has 0 amide bonds. The Morgan fingerprint density at radius 1 is 1.21 bits per heavy atom. The number of nitrogens with zero attached hydrogens (tertiary/aromatic N) is 1. The number of aromatic amines is 1. The summed E-state index contributed by atoms with van der Waals surface area (Å²) in [6.45, 7) is 1.86. The van der Waals surface area contributed by atoms with E-state index < -0.39 is 17.5 Å². The smallest absolute Gasteiger partial charge is 0.254 e. The molecule has 100 valence electrons. The van der Waals surface area contributed by atoms with Crippen LogP contribution in [-0.4, -0.2) is 9.97 Å². The molecule has 0 spiro atoms. The van der Waals surface area contributed by atoms with E-state index in [9.17, 15) is 18.0 Å². The minimum absolute atomic E-state index is 0.0472. The van der Waals surface area contributed by atoms with Crippen LogP contribution in [0.2, 0.25) is 0 Å². The van der Waals surface area contributed by atoms with E-state index in [1.54, 1.807) is 0 Å². The van der Waals surface area contributed by atoms with Crippen LogP contribution in [0.25, 0.3) is 11.3 Å². The van der Waals surface area contributed by atoms with Crippen LogP contribution in [0.4, 0.5) is 13.2 Å². The van der Waals surface area contributed by atoms with E-state index in [-0.39, 0.29) is 16.8 Å². The minimum atomic E-state index is -1.54. The van der Waals surface area contributed by atoms with Crippen LogP contribution in [0.15, 0.2) is 23.3 Å². The van der Waals surface area contributed by atoms with Crippen LogP contribution in [-0.2, 0) is 6.42 Å². The molecule has 0 atom stereocenters. The van der Waals surface area contributed by atoms with Crippen LogP contribution < -0.4 is 5.56 Å². The van der Waals surface area contributed by atoms with E-state index in [0.29, 0.717) is 18.4 Å². The molecule has 0 saturated heterocycles. The Kier molecular flexibility index (Phi) is 3.69. The monoisotopic (exact) mass is 268 g/mol. The van der Waals surface area contributed by atoms with Gasteiger partial charge in [-0.2, -0.15) is 0 Å². The molecule has 0 saturated carbocycles. The molecule has 2 aromatic rings. The molecule has 1 aromatic heterocycles. The quantitative estimate of drug-likeness (QED) is 0.870. The van der Waals surface area contributed by atoms with E-state index in [4.69, 9.17) is 0 Å². The van der Waals surface area contributed by atoms with Gasteiger partial charge in [0, 0.05) is 11.1 Å². The SMILES string of the molecule is CCCc1c(-c2cc(F)c(F)c(F)c2)nc[nH]c1=O. The number of hydrogen-bond acceptors (Lipinski definition) is 2. The fourth-order valence-corrected chi connectivity index (χ4v) is 1.85. The molecule has 0 aliphatic carbocycles. The van der Waals surface area contributed by atoms with Crippen molar-refractivity contribution in [3.05, 3.63) is 51.8 Å². The summed E-state index contributed by atoms with van der Waals surface area (Å²) < 4.78 is 39.3. The van der Waals surface area contributed by atoms with Gasteiger partial charge in [0.25, 0.3) is 5.56 Å². The second-order valence-electron chi connectivity index (χ2n) is 4.06. The lowest BCUT2D eigenvalue weighted by atomic mass is 10.0. The topological polar surface area (TPSA) is 45.8 Å². The largest absolute Gasteiger partial charge is 0.313 e. The number of aromatic nitrogens is 2. The number of H-pyrrole nitrogens is 1. The summed E-state index contributed by atoms with van der Waals surface area (Å²) >= 11 is 0. The Hall–Kier alpha value is -2.11. The Morgan fingerprint density at radius 3 is 2.42 bits per heavy atom. The van der Waals surface area contributed by atoms with Gasteiger partial charge in [0.15, 0.2) is 17.5 Å². The van der Waals surface area contributed by atoms with Crippen molar-refractivity contribution < 1.29 is 13.2 Å². The first-order chi connectivity index (χ1) is 9.04. The summed E-state index contributed by atoms with van der Waals surface area (Å²) in [4.78, 5) is 18.0. The average molecular weight is 268 g/mol. The van der Waals surface area contributed by atoms with Crippen LogP contribution in [0.1, 0.15) is 18.9 Å². The highest BCUT2D eigenvalue weighted by atomic mass is 19.2. The van der Waals surface area contributed by atoms with Gasteiger partial charge in [-0.25, -0.2) is 18.2 Å². The molecular formula is C13H11F3N2O. The van der Waals surface area contributed by atoms with E-state index in [0.717, 1.165) is 18.5 Å². The van der Waals surface area contributed by atoms with Crippen molar-refractivity contribution in [1.29, 1.82) is 0 Å². The van der Waals surface area contributed by atoms with Crippen molar-refractivity contribution >= 4 is 0 Å². The summed E-state index contributed by atoms with van der Waals surface area (Å²) in [5.74, 6) is -4.15. The molecule has 3 nitrogen and oxygen atoms in total. The maximum absolute atomic E-state index is 13.2. The van der Waals surface area contributed by atoms with E-state index in [1.165, 1.54) is 0 Å². The fourth-order valence-electron chi connectivity index (χ4n) is 1.85. The van der Waals surface area contributed by atoms with E-state index in [1.807, 2.05) is 6.92 Å². The third-order valence-electron chi connectivity index (χ3n) is 2.71. The van der Waals surface area contributed by atoms with Gasteiger partial charge in [-0.15, -0.1) is 0 Å². The van der Waals surface area contributed by atoms with Crippen LogP contribution in [0.5, 0.6) is 0 Å². The number of nitrogens with one attached hydrogen (secondary N) is 1. The molecule has 6 heteroatoms. The Bertz CT molecular complexity index is 644. The van der Waals surface area contributed by atoms with E-state index >= 15 is 0 Å². The summed E-state index contributed by atoms with van der Waals surface area (Å²) in [5.41, 5.74) is 0.182. The van der Waals surface area contributed by atoms with Crippen molar-refractivity contribution in [3.8, 4) is 11.3 Å². The second-order valence-corrected chi connectivity index (χ2v) is 4.06. The number of hydrogen-bond donors (Lipinski definition) is 1. The van der Waals surface area contributed by atoms with Gasteiger partial charge in [-0.1, -0.05) is 13.3 Å². The summed E-state index contributed by atoms with van der Waals surface area (Å²) in [6, 6.07) is 1.67. The van der Waals surface area contributed by atoms with Gasteiger partial charge in [-0.3, -0.25) is 4.79 Å². The first kappa shape index (κ1) is 13.3. The Labute approximate surface area is 107 Å². The van der Waals surface area contributed by atoms with Crippen molar-refractivity contribution in [3.63, 3.8) is 0 Å². The van der Waals surface area contributed by atoms with Crippen molar-refractivity contribution in [2.45, 2.75) is 19.8 Å². The minimum Gasteiger partial charge on any atom is -0.313 e. The zero-order valence-electron chi connectivity index (χ0n) is 10.1. The maximum Gasteiger partial charge on any atom is 0.254 e. The molecule has 19 heavy (non-hydrogen) atoms. The lowest BCUT2D eigenvalue weighted by molar-refractivity contribution is 0.447. The van der Waals surface area contributed by atoms with Crippen LogP contribution in [0.3, 0.4) is 0 Å². The third kappa shape index (κ3) is 2.52. The van der Waals surface area contributed by atoms with Crippen LogP contribution in [0, 0.1) is 17.5 Å². The van der Waals surface area contributed by atoms with Gasteiger partial charge in [0.1, 0.15) is 0 Å². The van der Waals surface area contributed by atoms with Gasteiger partial charge in [0.2, 0.25) is 0 Å². The highest BCUT2D eigenvalue weighted by Gasteiger charge is 2.16. The lowest BCUT2D eigenvalue weighted by Gasteiger charge is -2.07. The van der Waals surface area contributed by atoms with Crippen molar-refractivity contribution in [2.75, 3.05) is 0 Å². The molecule has 1 N–H and O–H groups in total. The molecule has 0 aliphatic heterocycles. The molecule has 0 aliphatic rings. The predicted molar refractivity (Wildman–Crippen MR) is 64.2 cm³/mol. The summed E-state index contributed by atoms with van der Waals surface area (Å²) in [5, 5.41) is 0. The number of benzene rings is 1. The van der Waals surface area contributed by atoms with Gasteiger partial charge >= 0.3 is 0 Å². The first-order valence-corrected chi connectivity index (χ1v) is 5.76. The highest BCUT2D eigenvalue weighted by Crippen LogP contribution is 2.23. The zero-order chi connectivity index (χ0) is 14.0. The normalized spacial score (nSPS) is 10.7. The summed E-state index contributed by atoms with van der Waals surface area (Å²) in [7, 11) is 0. The predicted octanol–water partition coefficient (Wildman–Crippen LogP) is 2.81. The lowest BCUT2D eigenvalue weighted by Crippen LogP contribution is -2.15. The molecule has 2 rings (SSSR count). The van der Waals surface area contributed by atoms with Crippen molar-refractivity contribution in [1.82, 2.24) is 9.97 Å². The van der Waals surface area contributed by atoms with Crippen LogP contribution >= 0.6 is 0 Å². The molecule has 0 unspecified atom stereocenters. The standard InChI is InChI=1S/C13H11F3N2O/c1-2-3-8-12(17-6-18-13(8)19)7-4-9(14)11(16)10(15)5-7/h4-6H,2-3H2,1H3,(H,17,18,19). The van der Waals surface area contributed by atoms with Gasteiger partial charge in [0.05, 0.1) is 12.0 Å². The molecule has 0 radical (unpaired) electrons. The van der Waals surface area contributed by atoms with Crippen molar-refractivity contribution in [2.24, 2.45) is 0 Å². The Balaban J connectivity index is 2.65. The highest BCUT2D eigenvalue weighted by molar-refractivity contribution is 5.62. The Morgan fingerprint density at radius 2 is 1.84 bits per heavy atom. The zero-order valence-corrected chi connectivity index (χ0v) is 10.1. The molecule has 1 heterocycles. The first-order valence-electron chi connectivity index (χ1n) is 5.76. The number of halogens is 3. The third-order valence-corrected chi connectivity index (χ3v) is 2.71. The van der Waals surface area contributed by atoms with Gasteiger partial charge < -0.3 is 4.98 Å². The summed E-state index contributed by atoms with van der Waals surface area (Å²) in [6.07, 6.45) is 2.24. The molecular weight excluding hydrogens is 257 g/mol. The fraction of sp³-hybridized carbons (Fsp3) is 0.231. The van der Waals surface area contributed by atoms with Gasteiger partial charge in [-0.05, 0) is 18.6 Å². The molecule has 0 bridgehead atoms. The molecule has 1 aromatic carbocycles. The van der Waals surface area contributed by atoms with E-state index in [2.05, 4.69) is 9.97 Å². The molecule has 0 fully saturated rings. The average Bonchev–Trinajstić information content (AvgIpc) is 2.38.